The van der Waals surface area contributed by atoms with Gasteiger partial charge in [-0.3, -0.25) is 19.7 Å². The van der Waals surface area contributed by atoms with Crippen LogP contribution < -0.4 is 16.0 Å². The van der Waals surface area contributed by atoms with Crippen LogP contribution in [-0.2, 0) is 22.7 Å². The van der Waals surface area contributed by atoms with Gasteiger partial charge in [-0.2, -0.15) is 0 Å². The highest BCUT2D eigenvalue weighted by Gasteiger charge is 2.49. The van der Waals surface area contributed by atoms with Crippen LogP contribution in [0.2, 0.25) is 0 Å². The maximum Gasteiger partial charge on any atom is 0.255 e. The molecule has 3 amide bonds. The van der Waals surface area contributed by atoms with Gasteiger partial charge in [0.1, 0.15) is 6.04 Å². The van der Waals surface area contributed by atoms with E-state index in [1.165, 1.54) is 12.8 Å². The van der Waals surface area contributed by atoms with Crippen molar-refractivity contribution in [2.45, 2.75) is 44.8 Å². The minimum atomic E-state index is -0.552. The lowest BCUT2D eigenvalue weighted by Gasteiger charge is -2.44. The van der Waals surface area contributed by atoms with Gasteiger partial charge in [-0.1, -0.05) is 12.1 Å². The standard InChI is InChI=1S/C21H26N4O3/c26-18-4-3-17(19(27)24-18)25-10-14-2-1-13(7-16(14)20(25)28)8-22-11-21-6-5-15(21)9-23-12-21/h1-2,7,15,17,22-23H,3-6,8-12H2,(H,24,26,27)/t15-,17?,21-/m0/s1. The Balaban J connectivity index is 1.23. The lowest BCUT2D eigenvalue weighted by molar-refractivity contribution is -0.136. The summed E-state index contributed by atoms with van der Waals surface area (Å²) in [6.45, 7) is 4.44. The monoisotopic (exact) mass is 382 g/mol. The molecule has 0 aromatic heterocycles. The number of hydrogen-bond donors (Lipinski definition) is 3. The van der Waals surface area contributed by atoms with Crippen LogP contribution in [0.15, 0.2) is 18.2 Å². The molecule has 1 aliphatic carbocycles. The predicted octanol–water partition coefficient (Wildman–Crippen LogP) is 0.537. The number of hydrogen-bond acceptors (Lipinski definition) is 5. The first-order valence-corrected chi connectivity index (χ1v) is 10.2. The van der Waals surface area contributed by atoms with E-state index in [1.807, 2.05) is 12.1 Å². The molecule has 1 unspecified atom stereocenters. The summed E-state index contributed by atoms with van der Waals surface area (Å²) in [4.78, 5) is 38.0. The molecule has 2 saturated heterocycles. The Bertz CT molecular complexity index is 854. The lowest BCUT2D eigenvalue weighted by Crippen LogP contribution is -2.52. The average Bonchev–Trinajstić information content (AvgIpc) is 3.13. The first-order chi connectivity index (χ1) is 13.6. The zero-order valence-corrected chi connectivity index (χ0v) is 15.9. The van der Waals surface area contributed by atoms with Crippen molar-refractivity contribution >= 4 is 17.7 Å². The Morgan fingerprint density at radius 3 is 2.86 bits per heavy atom. The molecule has 3 heterocycles. The molecule has 3 N–H and O–H groups in total. The molecule has 1 aromatic carbocycles. The van der Waals surface area contributed by atoms with Crippen molar-refractivity contribution in [2.75, 3.05) is 19.6 Å². The first kappa shape index (κ1) is 17.8. The van der Waals surface area contributed by atoms with Crippen molar-refractivity contribution in [3.63, 3.8) is 0 Å². The van der Waals surface area contributed by atoms with Crippen molar-refractivity contribution in [1.29, 1.82) is 0 Å². The number of carbonyl (C=O) groups is 3. The van der Waals surface area contributed by atoms with Crippen LogP contribution in [0.3, 0.4) is 0 Å². The zero-order valence-electron chi connectivity index (χ0n) is 15.9. The molecular formula is C21H26N4O3. The summed E-state index contributed by atoms with van der Waals surface area (Å²) in [5.41, 5.74) is 3.16. The second kappa shape index (κ2) is 6.67. The second-order valence-electron chi connectivity index (χ2n) is 8.72. The fourth-order valence-corrected chi connectivity index (χ4v) is 5.27. The number of rotatable bonds is 5. The molecular weight excluding hydrogens is 356 g/mol. The molecule has 28 heavy (non-hydrogen) atoms. The van der Waals surface area contributed by atoms with E-state index in [9.17, 15) is 14.4 Å². The van der Waals surface area contributed by atoms with Crippen LogP contribution in [0.4, 0.5) is 0 Å². The van der Waals surface area contributed by atoms with Crippen LogP contribution in [0.5, 0.6) is 0 Å². The van der Waals surface area contributed by atoms with E-state index in [0.717, 1.165) is 43.2 Å². The van der Waals surface area contributed by atoms with Gasteiger partial charge < -0.3 is 15.5 Å². The fourth-order valence-electron chi connectivity index (χ4n) is 5.27. The normalized spacial score (nSPS) is 31.4. The largest absolute Gasteiger partial charge is 0.322 e. The minimum absolute atomic E-state index is 0.107. The molecule has 1 saturated carbocycles. The zero-order chi connectivity index (χ0) is 19.3. The summed E-state index contributed by atoms with van der Waals surface area (Å²) >= 11 is 0. The predicted molar refractivity (Wildman–Crippen MR) is 102 cm³/mol. The Hall–Kier alpha value is -2.25. The van der Waals surface area contributed by atoms with E-state index in [1.54, 1.807) is 4.90 Å². The van der Waals surface area contributed by atoms with Crippen molar-refractivity contribution < 1.29 is 14.4 Å². The molecule has 148 valence electrons. The van der Waals surface area contributed by atoms with Crippen LogP contribution in [0, 0.1) is 11.3 Å². The molecule has 7 heteroatoms. The minimum Gasteiger partial charge on any atom is -0.322 e. The summed E-state index contributed by atoms with van der Waals surface area (Å²) in [5, 5.41) is 9.45. The van der Waals surface area contributed by atoms with Gasteiger partial charge in [0.15, 0.2) is 0 Å². The first-order valence-electron chi connectivity index (χ1n) is 10.2. The van der Waals surface area contributed by atoms with Crippen molar-refractivity contribution in [3.05, 3.63) is 34.9 Å². The highest BCUT2D eigenvalue weighted by Crippen LogP contribution is 2.48. The van der Waals surface area contributed by atoms with Crippen LogP contribution in [0.25, 0.3) is 0 Å². The molecule has 0 radical (unpaired) electrons. The molecule has 3 fully saturated rings. The molecule has 3 atom stereocenters. The highest BCUT2D eigenvalue weighted by atomic mass is 16.2. The molecule has 1 aromatic rings. The Labute approximate surface area is 164 Å². The molecule has 0 spiro atoms. The SMILES string of the molecule is O=C1CCC(N2Cc3ccc(CNC[C@]45CC[C@H]4CNC5)cc3C2=O)C(=O)N1. The second-order valence-corrected chi connectivity index (χ2v) is 8.72. The summed E-state index contributed by atoms with van der Waals surface area (Å²) in [6.07, 6.45) is 3.30. The van der Waals surface area contributed by atoms with E-state index in [2.05, 4.69) is 22.0 Å². The number of benzene rings is 1. The van der Waals surface area contributed by atoms with Crippen molar-refractivity contribution in [1.82, 2.24) is 20.9 Å². The summed E-state index contributed by atoms with van der Waals surface area (Å²) in [6, 6.07) is 5.47. The number of imide groups is 1. The average molecular weight is 382 g/mol. The fraction of sp³-hybridized carbons (Fsp3) is 0.571. The third-order valence-corrected chi connectivity index (χ3v) is 7.12. The Morgan fingerprint density at radius 1 is 1.21 bits per heavy atom. The number of fused-ring (bicyclic) bond motifs is 2. The van der Waals surface area contributed by atoms with Gasteiger partial charge in [-0.15, -0.1) is 0 Å². The maximum absolute atomic E-state index is 12.9. The number of nitrogens with zero attached hydrogens (tertiary/aromatic N) is 1. The van der Waals surface area contributed by atoms with Gasteiger partial charge in [-0.05, 0) is 54.3 Å². The number of nitrogens with one attached hydrogen (secondary N) is 3. The molecule has 3 aliphatic heterocycles. The molecule has 7 nitrogen and oxygen atoms in total. The number of piperidine rings is 1. The van der Waals surface area contributed by atoms with Gasteiger partial charge >= 0.3 is 0 Å². The van der Waals surface area contributed by atoms with Gasteiger partial charge in [-0.25, -0.2) is 0 Å². The number of carbonyl (C=O) groups excluding carboxylic acids is 3. The van der Waals surface area contributed by atoms with Crippen LogP contribution in [-0.4, -0.2) is 48.3 Å². The van der Waals surface area contributed by atoms with Gasteiger partial charge in [0.05, 0.1) is 0 Å². The van der Waals surface area contributed by atoms with Crippen LogP contribution >= 0.6 is 0 Å². The van der Waals surface area contributed by atoms with E-state index in [0.29, 0.717) is 23.9 Å². The molecule has 5 rings (SSSR count). The van der Waals surface area contributed by atoms with Gasteiger partial charge in [0, 0.05) is 38.2 Å². The highest BCUT2D eigenvalue weighted by molar-refractivity contribution is 6.05. The summed E-state index contributed by atoms with van der Waals surface area (Å²) < 4.78 is 0. The maximum atomic E-state index is 12.9. The van der Waals surface area contributed by atoms with Gasteiger partial charge in [0.2, 0.25) is 11.8 Å². The Kier molecular flexibility index (Phi) is 4.25. The van der Waals surface area contributed by atoms with E-state index in [-0.39, 0.29) is 24.1 Å². The van der Waals surface area contributed by atoms with E-state index in [4.69, 9.17) is 0 Å². The topological polar surface area (TPSA) is 90.5 Å². The summed E-state index contributed by atoms with van der Waals surface area (Å²) in [7, 11) is 0. The summed E-state index contributed by atoms with van der Waals surface area (Å²) in [5.74, 6) is 0.0795. The Morgan fingerprint density at radius 2 is 2.11 bits per heavy atom. The quantitative estimate of drug-likeness (QED) is 0.647. The van der Waals surface area contributed by atoms with E-state index < -0.39 is 6.04 Å². The van der Waals surface area contributed by atoms with E-state index >= 15 is 0 Å². The lowest BCUT2D eigenvalue weighted by atomic mass is 9.62. The molecule has 0 bridgehead atoms. The number of amides is 3. The van der Waals surface area contributed by atoms with Crippen molar-refractivity contribution in [3.8, 4) is 0 Å². The van der Waals surface area contributed by atoms with Gasteiger partial charge in [0.25, 0.3) is 5.91 Å². The van der Waals surface area contributed by atoms with Crippen molar-refractivity contribution in [2.24, 2.45) is 11.3 Å². The van der Waals surface area contributed by atoms with Crippen LogP contribution in [0.1, 0.15) is 47.2 Å². The third-order valence-electron chi connectivity index (χ3n) is 7.12. The third kappa shape index (κ3) is 2.84. The smallest absolute Gasteiger partial charge is 0.255 e. The molecule has 4 aliphatic rings.